The topological polar surface area (TPSA) is 66.8 Å². The number of carbonyl (C=O) groups is 1. The van der Waals surface area contributed by atoms with Gasteiger partial charge in [0, 0.05) is 45.1 Å². The summed E-state index contributed by atoms with van der Waals surface area (Å²) in [6.45, 7) is 3.63. The Morgan fingerprint density at radius 1 is 1.31 bits per heavy atom. The molecular weight excluding hydrogens is 326 g/mol. The fourth-order valence-corrected chi connectivity index (χ4v) is 3.94. The maximum atomic E-state index is 12.7. The summed E-state index contributed by atoms with van der Waals surface area (Å²) < 4.78 is 2.10. The van der Waals surface area contributed by atoms with Crippen molar-refractivity contribution in [2.75, 3.05) is 13.1 Å². The summed E-state index contributed by atoms with van der Waals surface area (Å²) in [5, 5.41) is 0. The van der Waals surface area contributed by atoms with Crippen molar-refractivity contribution in [3.8, 4) is 0 Å². The molecule has 1 unspecified atom stereocenters. The molecule has 0 radical (unpaired) electrons. The average Bonchev–Trinajstić information content (AvgIpc) is 3.21. The summed E-state index contributed by atoms with van der Waals surface area (Å²) in [6.07, 6.45) is 5.32. The lowest BCUT2D eigenvalue weighted by Gasteiger charge is -2.32. The standard InChI is InChI=1S/C20H25N5O/c1-14-12-24(2)20(21-14)15-6-5-11-25(13-15)19(26)10-9-18-22-16-7-3-4-8-17(16)23-18/h3-4,7-8,12,15H,5-6,9-11,13H2,1-2H3,(H,22,23). The monoisotopic (exact) mass is 351 g/mol. The summed E-state index contributed by atoms with van der Waals surface area (Å²) in [5.74, 6) is 2.52. The smallest absolute Gasteiger partial charge is 0.223 e. The van der Waals surface area contributed by atoms with Gasteiger partial charge < -0.3 is 14.5 Å². The second kappa shape index (κ2) is 6.94. The van der Waals surface area contributed by atoms with E-state index in [1.807, 2.05) is 43.1 Å². The van der Waals surface area contributed by atoms with Crippen LogP contribution in [0.4, 0.5) is 0 Å². The van der Waals surface area contributed by atoms with Gasteiger partial charge in [0.05, 0.1) is 16.7 Å². The number of aryl methyl sites for hydroxylation is 3. The number of carbonyl (C=O) groups excluding carboxylic acids is 1. The Morgan fingerprint density at radius 3 is 2.92 bits per heavy atom. The van der Waals surface area contributed by atoms with E-state index in [2.05, 4.69) is 25.7 Å². The van der Waals surface area contributed by atoms with Gasteiger partial charge in [-0.05, 0) is 31.9 Å². The van der Waals surface area contributed by atoms with Gasteiger partial charge in [0.1, 0.15) is 11.6 Å². The van der Waals surface area contributed by atoms with Crippen LogP contribution in [-0.2, 0) is 18.3 Å². The third-order valence-corrected chi connectivity index (χ3v) is 5.19. The first kappa shape index (κ1) is 16.8. The van der Waals surface area contributed by atoms with Gasteiger partial charge in [-0.25, -0.2) is 9.97 Å². The minimum absolute atomic E-state index is 0.209. The molecule has 2 aromatic heterocycles. The first-order valence-corrected chi connectivity index (χ1v) is 9.31. The number of para-hydroxylation sites is 2. The van der Waals surface area contributed by atoms with Crippen molar-refractivity contribution in [3.05, 3.63) is 47.8 Å². The highest BCUT2D eigenvalue weighted by Gasteiger charge is 2.27. The van der Waals surface area contributed by atoms with E-state index in [4.69, 9.17) is 0 Å². The van der Waals surface area contributed by atoms with Crippen LogP contribution in [0.3, 0.4) is 0 Å². The SMILES string of the molecule is Cc1cn(C)c(C2CCCN(C(=O)CCc3nc4ccccc4[nH]3)C2)n1. The molecule has 1 fully saturated rings. The molecule has 0 aliphatic carbocycles. The molecular formula is C20H25N5O. The lowest BCUT2D eigenvalue weighted by molar-refractivity contribution is -0.132. The number of hydrogen-bond donors (Lipinski definition) is 1. The second-order valence-electron chi connectivity index (χ2n) is 7.23. The molecule has 1 saturated heterocycles. The molecule has 1 aliphatic heterocycles. The van der Waals surface area contributed by atoms with Gasteiger partial charge >= 0.3 is 0 Å². The zero-order valence-corrected chi connectivity index (χ0v) is 15.4. The molecule has 136 valence electrons. The number of H-pyrrole nitrogens is 1. The number of amides is 1. The van der Waals surface area contributed by atoms with Crippen LogP contribution in [0.1, 0.15) is 42.5 Å². The van der Waals surface area contributed by atoms with Gasteiger partial charge in [-0.3, -0.25) is 4.79 Å². The van der Waals surface area contributed by atoms with Crippen molar-refractivity contribution in [3.63, 3.8) is 0 Å². The molecule has 1 aromatic carbocycles. The van der Waals surface area contributed by atoms with Crippen LogP contribution in [0, 0.1) is 6.92 Å². The summed E-state index contributed by atoms with van der Waals surface area (Å²) in [5.41, 5.74) is 3.02. The predicted molar refractivity (Wildman–Crippen MR) is 101 cm³/mol. The van der Waals surface area contributed by atoms with E-state index in [0.29, 0.717) is 18.8 Å². The van der Waals surface area contributed by atoms with E-state index in [0.717, 1.165) is 54.3 Å². The van der Waals surface area contributed by atoms with E-state index >= 15 is 0 Å². The number of nitrogens with one attached hydrogen (secondary N) is 1. The molecule has 1 aliphatic rings. The Labute approximate surface area is 153 Å². The number of aromatic nitrogens is 4. The molecule has 4 rings (SSSR count). The average molecular weight is 351 g/mol. The van der Waals surface area contributed by atoms with E-state index in [-0.39, 0.29) is 5.91 Å². The molecule has 0 bridgehead atoms. The Bertz CT molecular complexity index is 892. The maximum Gasteiger partial charge on any atom is 0.223 e. The number of likely N-dealkylation sites (tertiary alicyclic amines) is 1. The predicted octanol–water partition coefficient (Wildman–Crippen LogP) is 2.94. The number of rotatable bonds is 4. The van der Waals surface area contributed by atoms with E-state index in [1.54, 1.807) is 0 Å². The summed E-state index contributed by atoms with van der Waals surface area (Å²) in [7, 11) is 2.04. The van der Waals surface area contributed by atoms with Crippen LogP contribution in [0.5, 0.6) is 0 Å². The first-order valence-electron chi connectivity index (χ1n) is 9.31. The third kappa shape index (κ3) is 3.36. The van der Waals surface area contributed by atoms with E-state index in [9.17, 15) is 4.79 Å². The minimum atomic E-state index is 0.209. The largest absolute Gasteiger partial charge is 0.342 e. The lowest BCUT2D eigenvalue weighted by Crippen LogP contribution is -2.39. The van der Waals surface area contributed by atoms with E-state index in [1.165, 1.54) is 0 Å². The molecule has 0 saturated carbocycles. The summed E-state index contributed by atoms with van der Waals surface area (Å²) in [6, 6.07) is 7.97. The Morgan fingerprint density at radius 2 is 2.15 bits per heavy atom. The number of hydrogen-bond acceptors (Lipinski definition) is 3. The van der Waals surface area contributed by atoms with E-state index < -0.39 is 0 Å². The molecule has 6 heteroatoms. The number of aromatic amines is 1. The number of imidazole rings is 2. The van der Waals surface area contributed by atoms with Gasteiger partial charge in [0.2, 0.25) is 5.91 Å². The van der Waals surface area contributed by atoms with Crippen LogP contribution >= 0.6 is 0 Å². The zero-order chi connectivity index (χ0) is 18.1. The Kier molecular flexibility index (Phi) is 4.49. The number of piperidine rings is 1. The summed E-state index contributed by atoms with van der Waals surface area (Å²) in [4.78, 5) is 27.2. The van der Waals surface area contributed by atoms with Crippen LogP contribution < -0.4 is 0 Å². The molecule has 1 amide bonds. The number of nitrogens with zero attached hydrogens (tertiary/aromatic N) is 4. The minimum Gasteiger partial charge on any atom is -0.342 e. The highest BCUT2D eigenvalue weighted by Crippen LogP contribution is 2.26. The van der Waals surface area contributed by atoms with Gasteiger partial charge in [0.25, 0.3) is 0 Å². The molecule has 1 atom stereocenters. The van der Waals surface area contributed by atoms with Crippen LogP contribution in [0.15, 0.2) is 30.5 Å². The molecule has 6 nitrogen and oxygen atoms in total. The Hall–Kier alpha value is -2.63. The molecule has 1 N–H and O–H groups in total. The molecule has 0 spiro atoms. The maximum absolute atomic E-state index is 12.7. The lowest BCUT2D eigenvalue weighted by atomic mass is 9.96. The highest BCUT2D eigenvalue weighted by molar-refractivity contribution is 5.77. The molecule has 3 heterocycles. The fourth-order valence-electron chi connectivity index (χ4n) is 3.94. The molecule has 3 aromatic rings. The Balaban J connectivity index is 1.38. The van der Waals surface area contributed by atoms with Crippen LogP contribution in [0.25, 0.3) is 11.0 Å². The van der Waals surface area contributed by atoms with Crippen molar-refractivity contribution in [2.45, 2.75) is 38.5 Å². The van der Waals surface area contributed by atoms with Gasteiger partial charge in [-0.1, -0.05) is 12.1 Å². The quantitative estimate of drug-likeness (QED) is 0.786. The highest BCUT2D eigenvalue weighted by atomic mass is 16.2. The van der Waals surface area contributed by atoms with Gasteiger partial charge in [-0.15, -0.1) is 0 Å². The second-order valence-corrected chi connectivity index (χ2v) is 7.23. The first-order chi connectivity index (χ1) is 12.6. The molecule has 26 heavy (non-hydrogen) atoms. The normalized spacial score (nSPS) is 17.8. The van der Waals surface area contributed by atoms with Crippen molar-refractivity contribution < 1.29 is 4.79 Å². The zero-order valence-electron chi connectivity index (χ0n) is 15.4. The van der Waals surface area contributed by atoms with Crippen molar-refractivity contribution in [2.24, 2.45) is 7.05 Å². The van der Waals surface area contributed by atoms with Crippen molar-refractivity contribution in [1.29, 1.82) is 0 Å². The fraction of sp³-hybridized carbons (Fsp3) is 0.450. The number of fused-ring (bicyclic) bond motifs is 1. The third-order valence-electron chi connectivity index (χ3n) is 5.19. The van der Waals surface area contributed by atoms with Crippen LogP contribution in [0.2, 0.25) is 0 Å². The van der Waals surface area contributed by atoms with Gasteiger partial charge in [-0.2, -0.15) is 0 Å². The van der Waals surface area contributed by atoms with Gasteiger partial charge in [0.15, 0.2) is 0 Å². The number of benzene rings is 1. The van der Waals surface area contributed by atoms with Crippen molar-refractivity contribution >= 4 is 16.9 Å². The summed E-state index contributed by atoms with van der Waals surface area (Å²) >= 11 is 0. The van der Waals surface area contributed by atoms with Crippen molar-refractivity contribution in [1.82, 2.24) is 24.4 Å². The van der Waals surface area contributed by atoms with Crippen LogP contribution in [-0.4, -0.2) is 43.4 Å².